The molecule has 0 aliphatic carbocycles. The Balaban J connectivity index is 4.19. The van der Waals surface area contributed by atoms with Gasteiger partial charge in [-0.15, -0.1) is 0 Å². The summed E-state index contributed by atoms with van der Waals surface area (Å²) in [5.41, 5.74) is 0. The minimum atomic E-state index is -4.30. The van der Waals surface area contributed by atoms with E-state index < -0.39 is 13.9 Å². The molecule has 388 valence electrons. The Hall–Kier alpha value is -2.32. The number of carbonyl (C=O) groups excluding carboxylic acids is 1. The van der Waals surface area contributed by atoms with E-state index in [-0.39, 0.29) is 32.2 Å². The van der Waals surface area contributed by atoms with E-state index in [0.29, 0.717) is 24.1 Å². The lowest BCUT2D eigenvalue weighted by molar-refractivity contribution is -0.870. The predicted octanol–water partition coefficient (Wildman–Crippen LogP) is 17.2. The minimum Gasteiger partial charge on any atom is -0.457 e. The van der Waals surface area contributed by atoms with Crippen molar-refractivity contribution in [3.8, 4) is 0 Å². The minimum absolute atomic E-state index is 0.0761. The zero-order valence-corrected chi connectivity index (χ0v) is 45.0. The number of likely N-dealkylation sites (N-methyl/N-ethyl adjacent to an activating group) is 1. The number of quaternary nitrogens is 1. The van der Waals surface area contributed by atoms with E-state index in [0.717, 1.165) is 64.2 Å². The van der Waals surface area contributed by atoms with E-state index in [4.69, 9.17) is 18.5 Å². The molecule has 9 heteroatoms. The van der Waals surface area contributed by atoms with E-state index in [1.807, 2.05) is 21.1 Å². The van der Waals surface area contributed by atoms with Crippen LogP contribution in [0.3, 0.4) is 0 Å². The normalized spacial score (nSPS) is 14.2. The molecule has 0 aliphatic heterocycles. The monoisotopic (exact) mass is 959 g/mol. The second-order valence-electron chi connectivity index (χ2n) is 19.2. The highest BCUT2D eigenvalue weighted by Gasteiger charge is 2.26. The smallest absolute Gasteiger partial charge is 0.457 e. The van der Waals surface area contributed by atoms with Crippen LogP contribution in [0, 0.1) is 0 Å². The van der Waals surface area contributed by atoms with Crippen LogP contribution in [0.15, 0.2) is 85.1 Å². The molecule has 2 atom stereocenters. The summed E-state index contributed by atoms with van der Waals surface area (Å²) in [6.07, 6.45) is 67.9. The van der Waals surface area contributed by atoms with Crippen LogP contribution in [0.5, 0.6) is 0 Å². The maximum Gasteiger partial charge on any atom is 0.472 e. The van der Waals surface area contributed by atoms with Crippen LogP contribution in [0.4, 0.5) is 0 Å². The quantitative estimate of drug-likeness (QED) is 0.0213. The van der Waals surface area contributed by atoms with Crippen LogP contribution in [0.25, 0.3) is 0 Å². The van der Waals surface area contributed by atoms with Crippen molar-refractivity contribution in [2.24, 2.45) is 0 Å². The molecule has 0 fully saturated rings. The molecule has 0 spiro atoms. The van der Waals surface area contributed by atoms with Crippen molar-refractivity contribution < 1.29 is 37.3 Å². The number of unbranched alkanes of at least 4 members (excludes halogenated alkanes) is 22. The first-order chi connectivity index (χ1) is 32.6. The molecule has 1 N–H and O–H groups in total. The molecule has 0 aliphatic rings. The Morgan fingerprint density at radius 3 is 1.31 bits per heavy atom. The third kappa shape index (κ3) is 54.5. The summed E-state index contributed by atoms with van der Waals surface area (Å²) in [4.78, 5) is 23.0. The van der Waals surface area contributed by atoms with E-state index >= 15 is 0 Å². The lowest BCUT2D eigenvalue weighted by Gasteiger charge is -2.24. The van der Waals surface area contributed by atoms with Gasteiger partial charge in [-0.1, -0.05) is 208 Å². The molecule has 0 aromatic heterocycles. The summed E-state index contributed by atoms with van der Waals surface area (Å²) in [6, 6.07) is 0. The van der Waals surface area contributed by atoms with E-state index in [2.05, 4.69) is 98.9 Å². The molecular weight excluding hydrogens is 854 g/mol. The van der Waals surface area contributed by atoms with E-state index in [1.165, 1.54) is 128 Å². The zero-order chi connectivity index (χ0) is 49.0. The van der Waals surface area contributed by atoms with Gasteiger partial charge in [0.2, 0.25) is 0 Å². The third-order valence-corrected chi connectivity index (χ3v) is 12.4. The van der Waals surface area contributed by atoms with Gasteiger partial charge in [-0.25, -0.2) is 4.57 Å². The SMILES string of the molecule is CC/C=C\C/C=C\C/C=C\C/C=C\C/C=C\C/C=C\CCCCC(=O)OC(COCCCCCCCCCCCCCC/C=C\CCCCCCCCCC)COP(=O)(O)OCC[N+](C)(C)C. The zero-order valence-electron chi connectivity index (χ0n) is 44.1. The Morgan fingerprint density at radius 2 is 0.866 bits per heavy atom. The molecule has 0 bridgehead atoms. The van der Waals surface area contributed by atoms with Gasteiger partial charge in [-0.3, -0.25) is 13.8 Å². The Kier molecular flexibility index (Phi) is 48.3. The Morgan fingerprint density at radius 1 is 0.478 bits per heavy atom. The van der Waals surface area contributed by atoms with Gasteiger partial charge in [0.15, 0.2) is 0 Å². The molecule has 0 rings (SSSR count). The second-order valence-corrected chi connectivity index (χ2v) is 20.7. The molecule has 0 saturated heterocycles. The fraction of sp³-hybridized carbons (Fsp3) is 0.741. The van der Waals surface area contributed by atoms with Crippen molar-refractivity contribution >= 4 is 13.8 Å². The molecule has 2 unspecified atom stereocenters. The molecule has 0 heterocycles. The van der Waals surface area contributed by atoms with Gasteiger partial charge in [-0.05, 0) is 89.9 Å². The molecule has 8 nitrogen and oxygen atoms in total. The summed E-state index contributed by atoms with van der Waals surface area (Å²) in [5.74, 6) is -0.356. The van der Waals surface area contributed by atoms with Crippen molar-refractivity contribution in [2.75, 3.05) is 54.1 Å². The predicted molar refractivity (Wildman–Crippen MR) is 288 cm³/mol. The third-order valence-electron chi connectivity index (χ3n) is 11.4. The molecular formula is C58H105NO7P+. The van der Waals surface area contributed by atoms with Crippen LogP contribution in [-0.2, 0) is 27.9 Å². The summed E-state index contributed by atoms with van der Waals surface area (Å²) in [5, 5.41) is 0. The second kappa shape index (κ2) is 50.1. The van der Waals surface area contributed by atoms with Crippen LogP contribution in [-0.4, -0.2) is 75.6 Å². The Labute approximate surface area is 414 Å². The summed E-state index contributed by atoms with van der Waals surface area (Å²) in [7, 11) is 1.63. The standard InChI is InChI=1S/C58H104NO7P/c1-6-8-10-12-14-16-18-20-22-24-26-28-29-30-32-34-36-38-40-42-44-46-48-50-53-63-55-57(56-65-67(61,62)64-54-52-59(3,4)5)66-58(60)51-49-47-45-43-41-39-37-35-33-31-27-25-23-21-19-17-15-13-11-9-7-2/h9,11,15,17,21,23-24,26-27,31,35,37,41,43,57H,6-8,10,12-14,16,18-20,22,25,28-30,32-34,36,38-40,42,44-56H2,1-5H3/p+1/b11-9-,17-15-,23-21-,26-24-,31-27-,37-35-,43-41-. The van der Waals surface area contributed by atoms with Crippen molar-refractivity contribution in [3.63, 3.8) is 0 Å². The van der Waals surface area contributed by atoms with Gasteiger partial charge in [0, 0.05) is 13.0 Å². The number of ether oxygens (including phenoxy) is 2. The lowest BCUT2D eigenvalue weighted by Crippen LogP contribution is -2.37. The average Bonchev–Trinajstić information content (AvgIpc) is 3.29. The number of allylic oxidation sites excluding steroid dienone is 14. The molecule has 0 amide bonds. The average molecular weight is 959 g/mol. The number of hydrogen-bond acceptors (Lipinski definition) is 6. The molecule has 0 aromatic rings. The topological polar surface area (TPSA) is 91.3 Å². The van der Waals surface area contributed by atoms with Gasteiger partial charge in [-0.2, -0.15) is 0 Å². The van der Waals surface area contributed by atoms with E-state index in [1.54, 1.807) is 0 Å². The van der Waals surface area contributed by atoms with Gasteiger partial charge < -0.3 is 18.9 Å². The molecule has 67 heavy (non-hydrogen) atoms. The number of rotatable bonds is 50. The summed E-state index contributed by atoms with van der Waals surface area (Å²) < 4.78 is 35.2. The maximum atomic E-state index is 12.8. The number of esters is 1. The number of phosphoric acid groups is 1. The first-order valence-electron chi connectivity index (χ1n) is 27.3. The molecule has 0 saturated carbocycles. The van der Waals surface area contributed by atoms with Gasteiger partial charge in [0.25, 0.3) is 0 Å². The fourth-order valence-corrected chi connectivity index (χ4v) is 8.00. The highest BCUT2D eigenvalue weighted by molar-refractivity contribution is 7.47. The van der Waals surface area contributed by atoms with Crippen LogP contribution < -0.4 is 0 Å². The van der Waals surface area contributed by atoms with Crippen LogP contribution in [0.2, 0.25) is 0 Å². The van der Waals surface area contributed by atoms with Crippen LogP contribution >= 0.6 is 7.82 Å². The highest BCUT2D eigenvalue weighted by atomic mass is 31.2. The summed E-state index contributed by atoms with van der Waals surface area (Å²) in [6.45, 7) is 5.45. The number of nitrogens with zero attached hydrogens (tertiary/aromatic N) is 1. The van der Waals surface area contributed by atoms with Gasteiger partial charge in [0.05, 0.1) is 34.4 Å². The highest BCUT2D eigenvalue weighted by Crippen LogP contribution is 2.43. The van der Waals surface area contributed by atoms with Crippen molar-refractivity contribution in [2.45, 2.75) is 225 Å². The number of carbonyl (C=O) groups is 1. The Bertz CT molecular complexity index is 1340. The van der Waals surface area contributed by atoms with Crippen LogP contribution in [0.1, 0.15) is 219 Å². The molecule has 0 aromatic carbocycles. The maximum absolute atomic E-state index is 12.8. The number of phosphoric ester groups is 1. The van der Waals surface area contributed by atoms with Gasteiger partial charge >= 0.3 is 13.8 Å². The summed E-state index contributed by atoms with van der Waals surface area (Å²) >= 11 is 0. The van der Waals surface area contributed by atoms with Crippen molar-refractivity contribution in [1.29, 1.82) is 0 Å². The lowest BCUT2D eigenvalue weighted by atomic mass is 10.0. The van der Waals surface area contributed by atoms with Crippen molar-refractivity contribution in [3.05, 3.63) is 85.1 Å². The van der Waals surface area contributed by atoms with Crippen molar-refractivity contribution in [1.82, 2.24) is 0 Å². The first kappa shape index (κ1) is 64.7. The fourth-order valence-electron chi connectivity index (χ4n) is 7.26. The first-order valence-corrected chi connectivity index (χ1v) is 28.8. The largest absolute Gasteiger partial charge is 0.472 e. The molecule has 0 radical (unpaired) electrons. The van der Waals surface area contributed by atoms with Gasteiger partial charge in [0.1, 0.15) is 19.3 Å². The van der Waals surface area contributed by atoms with E-state index in [9.17, 15) is 14.3 Å². The number of hydrogen-bond donors (Lipinski definition) is 1.